The Morgan fingerprint density at radius 2 is 0.738 bits per heavy atom. The van der Waals surface area contributed by atoms with Gasteiger partial charge < -0.3 is 14.2 Å². The van der Waals surface area contributed by atoms with E-state index in [1.165, 1.54) is 83.5 Å². The largest absolute Gasteiger partial charge is 0.462 e. The monoisotopic (exact) mass is 847 g/mol. The van der Waals surface area contributed by atoms with Gasteiger partial charge in [0.2, 0.25) is 0 Å². The maximum absolute atomic E-state index is 12.8. The van der Waals surface area contributed by atoms with Crippen LogP contribution in [-0.4, -0.2) is 37.2 Å². The molecule has 0 aliphatic rings. The molecular weight excluding hydrogens is 757 g/mol. The summed E-state index contributed by atoms with van der Waals surface area (Å²) in [5, 5.41) is 0. The fraction of sp³-hybridized carbons (Fsp3) is 0.655. The Kier molecular flexibility index (Phi) is 46.0. The molecule has 0 aliphatic carbocycles. The Hall–Kier alpha value is -3.67. The predicted molar refractivity (Wildman–Crippen MR) is 260 cm³/mol. The van der Waals surface area contributed by atoms with Gasteiger partial charge >= 0.3 is 17.9 Å². The van der Waals surface area contributed by atoms with Gasteiger partial charge in [-0.05, 0) is 77.0 Å². The van der Waals surface area contributed by atoms with Crippen LogP contribution < -0.4 is 0 Å². The summed E-state index contributed by atoms with van der Waals surface area (Å²) in [5.74, 6) is -1.01. The number of unbranched alkanes of at least 4 members (excludes halogenated alkanes) is 20. The van der Waals surface area contributed by atoms with E-state index in [1.54, 1.807) is 0 Å². The highest BCUT2D eigenvalue weighted by molar-refractivity contribution is 5.71. The average Bonchev–Trinajstić information content (AvgIpc) is 3.26. The molecule has 0 fully saturated rings. The number of allylic oxidation sites excluding steroid dienone is 16. The molecule has 1 unspecified atom stereocenters. The second kappa shape index (κ2) is 49.0. The van der Waals surface area contributed by atoms with Gasteiger partial charge in [-0.3, -0.25) is 14.4 Å². The summed E-state index contributed by atoms with van der Waals surface area (Å²) < 4.78 is 16.7. The molecule has 0 aromatic rings. The number of rotatable bonds is 43. The smallest absolute Gasteiger partial charge is 0.306 e. The number of hydrogen-bond acceptors (Lipinski definition) is 6. The van der Waals surface area contributed by atoms with E-state index in [9.17, 15) is 14.4 Å². The van der Waals surface area contributed by atoms with E-state index in [-0.39, 0.29) is 37.5 Å². The van der Waals surface area contributed by atoms with Crippen LogP contribution in [0.15, 0.2) is 97.2 Å². The van der Waals surface area contributed by atoms with Crippen LogP contribution in [0.4, 0.5) is 0 Å². The number of carbonyl (C=O) groups excluding carboxylic acids is 3. The van der Waals surface area contributed by atoms with Gasteiger partial charge in [0.05, 0.1) is 0 Å². The first-order valence-corrected chi connectivity index (χ1v) is 24.8. The second-order valence-corrected chi connectivity index (χ2v) is 16.1. The molecule has 0 amide bonds. The molecule has 6 nitrogen and oxygen atoms in total. The van der Waals surface area contributed by atoms with Crippen molar-refractivity contribution in [3.63, 3.8) is 0 Å². The number of hydrogen-bond donors (Lipinski definition) is 0. The minimum atomic E-state index is -0.811. The van der Waals surface area contributed by atoms with Gasteiger partial charge in [0, 0.05) is 19.3 Å². The normalized spacial score (nSPS) is 12.9. The van der Waals surface area contributed by atoms with Crippen molar-refractivity contribution >= 4 is 17.9 Å². The highest BCUT2D eigenvalue weighted by Crippen LogP contribution is 2.13. The number of esters is 3. The Morgan fingerprint density at radius 1 is 0.361 bits per heavy atom. The molecule has 0 bridgehead atoms. The Morgan fingerprint density at radius 3 is 1.21 bits per heavy atom. The summed E-state index contributed by atoms with van der Waals surface area (Å²) in [6, 6.07) is 0. The summed E-state index contributed by atoms with van der Waals surface area (Å²) in [4.78, 5) is 37.9. The van der Waals surface area contributed by atoms with Crippen molar-refractivity contribution in [3.05, 3.63) is 97.2 Å². The molecule has 0 saturated heterocycles. The zero-order valence-electron chi connectivity index (χ0n) is 39.4. The highest BCUT2D eigenvalue weighted by Gasteiger charge is 2.19. The zero-order valence-corrected chi connectivity index (χ0v) is 39.4. The lowest BCUT2D eigenvalue weighted by Crippen LogP contribution is -2.30. The zero-order chi connectivity index (χ0) is 44.4. The molecule has 0 rings (SSSR count). The van der Waals surface area contributed by atoms with E-state index >= 15 is 0 Å². The molecule has 1 atom stereocenters. The van der Waals surface area contributed by atoms with Crippen LogP contribution in [0.2, 0.25) is 0 Å². The lowest BCUT2D eigenvalue weighted by Gasteiger charge is -2.18. The van der Waals surface area contributed by atoms with Crippen molar-refractivity contribution in [3.8, 4) is 0 Å². The van der Waals surface area contributed by atoms with Crippen LogP contribution in [0, 0.1) is 0 Å². The summed E-state index contributed by atoms with van der Waals surface area (Å²) in [6.07, 6.45) is 64.0. The van der Waals surface area contributed by atoms with Crippen LogP contribution in [0.5, 0.6) is 0 Å². The Balaban J connectivity index is 4.50. The molecule has 0 radical (unpaired) electrons. The maximum Gasteiger partial charge on any atom is 0.306 e. The minimum Gasteiger partial charge on any atom is -0.462 e. The summed E-state index contributed by atoms with van der Waals surface area (Å²) >= 11 is 0. The van der Waals surface area contributed by atoms with Gasteiger partial charge in [-0.2, -0.15) is 0 Å². The Bertz CT molecular complexity index is 1250. The molecule has 6 heteroatoms. The van der Waals surface area contributed by atoms with Crippen LogP contribution in [0.25, 0.3) is 0 Å². The van der Waals surface area contributed by atoms with E-state index < -0.39 is 6.10 Å². The van der Waals surface area contributed by atoms with Crippen LogP contribution in [0.1, 0.15) is 213 Å². The summed E-state index contributed by atoms with van der Waals surface area (Å²) in [6.45, 7) is 6.28. The highest BCUT2D eigenvalue weighted by atomic mass is 16.6. The molecule has 0 N–H and O–H groups in total. The molecular formula is C55H90O6. The molecule has 0 aliphatic heterocycles. The van der Waals surface area contributed by atoms with Crippen molar-refractivity contribution < 1.29 is 28.6 Å². The molecule has 0 saturated carbocycles. The average molecular weight is 847 g/mol. The lowest BCUT2D eigenvalue weighted by molar-refractivity contribution is -0.166. The van der Waals surface area contributed by atoms with E-state index in [0.717, 1.165) is 83.5 Å². The molecule has 0 spiro atoms. The third-order valence-corrected chi connectivity index (χ3v) is 10.2. The standard InChI is InChI=1S/C55H90O6/c1-4-7-10-13-16-19-22-25-27-30-33-36-39-42-45-48-54(57)60-51-52(50-59-53(56)47-44-41-38-35-32-29-24-21-18-15-12-9-6-3)61-55(58)49-46-43-40-37-34-31-28-26-23-20-17-14-11-8-5-2/h7-8,10-11,13-14,16-17,19-20,22-23,29,32,38,41,52H,4-6,9,12,15,18,21,24-28,30-31,33-37,39-40,42-51H2,1-3H3/b10-7+,11-8+,16-13+,17-14+,22-19+,23-20+,32-29+,41-38+. The van der Waals surface area contributed by atoms with E-state index in [0.29, 0.717) is 19.3 Å². The quantitative estimate of drug-likeness (QED) is 0.0200. The summed E-state index contributed by atoms with van der Waals surface area (Å²) in [5.41, 5.74) is 0. The first kappa shape index (κ1) is 57.3. The van der Waals surface area contributed by atoms with E-state index in [1.807, 2.05) is 6.08 Å². The molecule has 346 valence electrons. The SMILES string of the molecule is CC/C=C/C=C/C=C/CCCCCCCCCC(=O)OCC(COC(=O)CC/C=C/C/C=C/CCCCCCCC)OC(=O)CCCCCCCCC/C=C/C=C/C=C/CC. The van der Waals surface area contributed by atoms with Gasteiger partial charge in [-0.1, -0.05) is 214 Å². The second-order valence-electron chi connectivity index (χ2n) is 16.1. The Labute approximate surface area is 375 Å². The van der Waals surface area contributed by atoms with Crippen LogP contribution in [-0.2, 0) is 28.6 Å². The minimum absolute atomic E-state index is 0.107. The van der Waals surface area contributed by atoms with Crippen molar-refractivity contribution in [2.45, 2.75) is 219 Å². The first-order valence-electron chi connectivity index (χ1n) is 24.8. The molecule has 61 heavy (non-hydrogen) atoms. The van der Waals surface area contributed by atoms with Crippen molar-refractivity contribution in [2.24, 2.45) is 0 Å². The predicted octanol–water partition coefficient (Wildman–Crippen LogP) is 16.2. The third-order valence-electron chi connectivity index (χ3n) is 10.2. The maximum atomic E-state index is 12.8. The number of carbonyl (C=O) groups is 3. The summed E-state index contributed by atoms with van der Waals surface area (Å²) in [7, 11) is 0. The first-order chi connectivity index (χ1) is 30.0. The van der Waals surface area contributed by atoms with Gasteiger partial charge in [0.25, 0.3) is 0 Å². The van der Waals surface area contributed by atoms with Crippen molar-refractivity contribution in [1.82, 2.24) is 0 Å². The van der Waals surface area contributed by atoms with E-state index in [4.69, 9.17) is 14.2 Å². The molecule has 0 aromatic heterocycles. The van der Waals surface area contributed by atoms with Gasteiger partial charge in [0.15, 0.2) is 6.10 Å². The van der Waals surface area contributed by atoms with Crippen LogP contribution >= 0.6 is 0 Å². The van der Waals surface area contributed by atoms with Gasteiger partial charge in [-0.15, -0.1) is 0 Å². The molecule has 0 heterocycles. The third kappa shape index (κ3) is 47.2. The fourth-order valence-electron chi connectivity index (χ4n) is 6.49. The number of ether oxygens (including phenoxy) is 3. The van der Waals surface area contributed by atoms with Crippen molar-refractivity contribution in [1.29, 1.82) is 0 Å². The topological polar surface area (TPSA) is 78.9 Å². The van der Waals surface area contributed by atoms with Crippen molar-refractivity contribution in [2.75, 3.05) is 13.2 Å². The van der Waals surface area contributed by atoms with Gasteiger partial charge in [-0.25, -0.2) is 0 Å². The van der Waals surface area contributed by atoms with E-state index in [2.05, 4.69) is 112 Å². The van der Waals surface area contributed by atoms with Gasteiger partial charge in [0.1, 0.15) is 13.2 Å². The lowest BCUT2D eigenvalue weighted by atomic mass is 10.1. The molecule has 0 aromatic carbocycles. The van der Waals surface area contributed by atoms with Crippen LogP contribution in [0.3, 0.4) is 0 Å². The fourth-order valence-corrected chi connectivity index (χ4v) is 6.49.